The van der Waals surface area contributed by atoms with Gasteiger partial charge in [0.1, 0.15) is 5.69 Å². The smallest absolute Gasteiger partial charge is 0.271 e. The van der Waals surface area contributed by atoms with Crippen LogP contribution >= 0.6 is 11.3 Å². The second kappa shape index (κ2) is 4.90. The Morgan fingerprint density at radius 2 is 2.12 bits per heavy atom. The van der Waals surface area contributed by atoms with Crippen LogP contribution in [0.25, 0.3) is 0 Å². The lowest BCUT2D eigenvalue weighted by atomic mass is 10.1. The summed E-state index contributed by atoms with van der Waals surface area (Å²) in [7, 11) is 0. The number of carbonyl (C=O) groups excluding carboxylic acids is 1. The van der Waals surface area contributed by atoms with Crippen molar-refractivity contribution in [3.63, 3.8) is 0 Å². The molecule has 1 atom stereocenters. The number of rotatable bonds is 3. The van der Waals surface area contributed by atoms with Gasteiger partial charge >= 0.3 is 0 Å². The molecule has 4 heteroatoms. The molecule has 1 amide bonds. The van der Waals surface area contributed by atoms with Crippen molar-refractivity contribution in [2.24, 2.45) is 0 Å². The fourth-order valence-electron chi connectivity index (χ4n) is 1.42. The Bertz CT molecular complexity index is 453. The minimum Gasteiger partial charge on any atom is -0.344 e. The zero-order valence-corrected chi connectivity index (χ0v) is 9.70. The molecule has 2 aromatic rings. The van der Waals surface area contributed by atoms with Crippen LogP contribution < -0.4 is 5.32 Å². The lowest BCUT2D eigenvalue weighted by Crippen LogP contribution is -2.26. The summed E-state index contributed by atoms with van der Waals surface area (Å²) in [4.78, 5) is 15.7. The highest BCUT2D eigenvalue weighted by atomic mass is 32.1. The van der Waals surface area contributed by atoms with E-state index in [2.05, 4.69) is 10.3 Å². The Labute approximate surface area is 98.2 Å². The minimum atomic E-state index is -0.127. The van der Waals surface area contributed by atoms with E-state index in [4.69, 9.17) is 0 Å². The van der Waals surface area contributed by atoms with Crippen molar-refractivity contribution in [3.8, 4) is 0 Å². The average molecular weight is 232 g/mol. The van der Waals surface area contributed by atoms with Gasteiger partial charge in [-0.3, -0.25) is 4.79 Å². The van der Waals surface area contributed by atoms with E-state index in [9.17, 15) is 4.79 Å². The van der Waals surface area contributed by atoms with Gasteiger partial charge < -0.3 is 5.32 Å². The SMILES string of the molecule is CC(NC(=O)c1cscn1)c1ccccc1. The maximum Gasteiger partial charge on any atom is 0.271 e. The van der Waals surface area contributed by atoms with Gasteiger partial charge in [0.25, 0.3) is 5.91 Å². The van der Waals surface area contributed by atoms with Crippen molar-refractivity contribution in [2.45, 2.75) is 13.0 Å². The third kappa shape index (κ3) is 2.46. The monoisotopic (exact) mass is 232 g/mol. The van der Waals surface area contributed by atoms with Crippen molar-refractivity contribution in [1.82, 2.24) is 10.3 Å². The third-order valence-corrected chi connectivity index (χ3v) is 2.90. The first-order valence-electron chi connectivity index (χ1n) is 5.01. The van der Waals surface area contributed by atoms with Crippen LogP contribution in [-0.2, 0) is 0 Å². The Kier molecular flexibility index (Phi) is 3.31. The van der Waals surface area contributed by atoms with Crippen LogP contribution in [0.1, 0.15) is 29.0 Å². The number of nitrogens with zero attached hydrogens (tertiary/aromatic N) is 1. The molecule has 0 aliphatic heterocycles. The zero-order chi connectivity index (χ0) is 11.4. The highest BCUT2D eigenvalue weighted by Crippen LogP contribution is 2.12. The summed E-state index contributed by atoms with van der Waals surface area (Å²) in [5.74, 6) is -0.127. The molecule has 0 saturated heterocycles. The molecule has 0 radical (unpaired) electrons. The quantitative estimate of drug-likeness (QED) is 0.884. The normalized spacial score (nSPS) is 12.1. The standard InChI is InChI=1S/C12H12N2OS/c1-9(10-5-3-2-4-6-10)14-12(15)11-7-16-8-13-11/h2-9H,1H3,(H,14,15). The summed E-state index contributed by atoms with van der Waals surface area (Å²) in [5.41, 5.74) is 3.22. The number of hydrogen-bond donors (Lipinski definition) is 1. The lowest BCUT2D eigenvalue weighted by Gasteiger charge is -2.12. The van der Waals surface area contributed by atoms with Gasteiger partial charge in [-0.05, 0) is 12.5 Å². The lowest BCUT2D eigenvalue weighted by molar-refractivity contribution is 0.0935. The van der Waals surface area contributed by atoms with Crippen molar-refractivity contribution in [2.75, 3.05) is 0 Å². The van der Waals surface area contributed by atoms with Gasteiger partial charge in [-0.1, -0.05) is 30.3 Å². The summed E-state index contributed by atoms with van der Waals surface area (Å²) >= 11 is 1.42. The van der Waals surface area contributed by atoms with Crippen molar-refractivity contribution in [3.05, 3.63) is 52.5 Å². The predicted octanol–water partition coefficient (Wildman–Crippen LogP) is 2.63. The van der Waals surface area contributed by atoms with Crippen LogP contribution in [0.2, 0.25) is 0 Å². The van der Waals surface area contributed by atoms with Crippen LogP contribution in [0, 0.1) is 0 Å². The van der Waals surface area contributed by atoms with E-state index in [1.807, 2.05) is 37.3 Å². The molecule has 0 bridgehead atoms. The molecule has 1 aromatic heterocycles. The Hall–Kier alpha value is -1.68. The molecule has 0 spiro atoms. The molecule has 0 fully saturated rings. The fourth-order valence-corrected chi connectivity index (χ4v) is 1.95. The molecular formula is C12H12N2OS. The van der Waals surface area contributed by atoms with E-state index in [0.717, 1.165) is 5.56 Å². The first-order chi connectivity index (χ1) is 7.77. The van der Waals surface area contributed by atoms with Crippen molar-refractivity contribution in [1.29, 1.82) is 0 Å². The van der Waals surface area contributed by atoms with E-state index in [0.29, 0.717) is 5.69 Å². The maximum absolute atomic E-state index is 11.7. The van der Waals surface area contributed by atoms with Crippen molar-refractivity contribution >= 4 is 17.2 Å². The van der Waals surface area contributed by atoms with E-state index >= 15 is 0 Å². The van der Waals surface area contributed by atoms with Gasteiger partial charge in [0.15, 0.2) is 0 Å². The minimum absolute atomic E-state index is 0.00426. The number of aromatic nitrogens is 1. The molecule has 0 aliphatic rings. The molecule has 0 aliphatic carbocycles. The second-order valence-corrected chi connectivity index (χ2v) is 4.20. The maximum atomic E-state index is 11.7. The molecule has 16 heavy (non-hydrogen) atoms. The predicted molar refractivity (Wildman–Crippen MR) is 64.4 cm³/mol. The van der Waals surface area contributed by atoms with Crippen LogP contribution in [0.4, 0.5) is 0 Å². The number of benzene rings is 1. The van der Waals surface area contributed by atoms with Gasteiger partial charge in [0.05, 0.1) is 11.6 Å². The average Bonchev–Trinajstić information content (AvgIpc) is 2.83. The van der Waals surface area contributed by atoms with Crippen molar-refractivity contribution < 1.29 is 4.79 Å². The number of nitrogens with one attached hydrogen (secondary N) is 1. The van der Waals surface area contributed by atoms with Gasteiger partial charge in [0, 0.05) is 5.38 Å². The summed E-state index contributed by atoms with van der Waals surface area (Å²) < 4.78 is 0. The van der Waals surface area contributed by atoms with Gasteiger partial charge in [-0.25, -0.2) is 4.98 Å². The Morgan fingerprint density at radius 1 is 1.38 bits per heavy atom. The molecule has 1 aromatic carbocycles. The van der Waals surface area contributed by atoms with Gasteiger partial charge in [-0.15, -0.1) is 11.3 Å². The summed E-state index contributed by atoms with van der Waals surface area (Å²) in [6.07, 6.45) is 0. The number of carbonyl (C=O) groups is 1. The van der Waals surface area contributed by atoms with Crippen LogP contribution in [-0.4, -0.2) is 10.9 Å². The molecule has 3 nitrogen and oxygen atoms in total. The Balaban J connectivity index is 2.03. The van der Waals surface area contributed by atoms with Crippen LogP contribution in [0.3, 0.4) is 0 Å². The van der Waals surface area contributed by atoms with E-state index in [-0.39, 0.29) is 11.9 Å². The number of hydrogen-bond acceptors (Lipinski definition) is 3. The molecule has 82 valence electrons. The number of amides is 1. The Morgan fingerprint density at radius 3 is 2.75 bits per heavy atom. The first kappa shape index (κ1) is 10.8. The molecule has 0 saturated carbocycles. The molecule has 1 unspecified atom stereocenters. The summed E-state index contributed by atoms with van der Waals surface area (Å²) in [5, 5.41) is 4.65. The van der Waals surface area contributed by atoms with Gasteiger partial charge in [0.2, 0.25) is 0 Å². The topological polar surface area (TPSA) is 42.0 Å². The van der Waals surface area contributed by atoms with E-state index < -0.39 is 0 Å². The van der Waals surface area contributed by atoms with Gasteiger partial charge in [-0.2, -0.15) is 0 Å². The van der Waals surface area contributed by atoms with E-state index in [1.165, 1.54) is 11.3 Å². The molecular weight excluding hydrogens is 220 g/mol. The summed E-state index contributed by atoms with van der Waals surface area (Å²) in [6.45, 7) is 1.96. The number of thiazole rings is 1. The first-order valence-corrected chi connectivity index (χ1v) is 5.95. The van der Waals surface area contributed by atoms with E-state index in [1.54, 1.807) is 10.9 Å². The third-order valence-electron chi connectivity index (χ3n) is 2.31. The van der Waals surface area contributed by atoms with Crippen LogP contribution in [0.15, 0.2) is 41.2 Å². The second-order valence-electron chi connectivity index (χ2n) is 3.48. The molecule has 1 heterocycles. The fraction of sp³-hybridized carbons (Fsp3) is 0.167. The zero-order valence-electron chi connectivity index (χ0n) is 8.88. The van der Waals surface area contributed by atoms with Crippen LogP contribution in [0.5, 0.6) is 0 Å². The largest absolute Gasteiger partial charge is 0.344 e. The molecule has 2 rings (SSSR count). The highest BCUT2D eigenvalue weighted by molar-refractivity contribution is 7.07. The molecule has 1 N–H and O–H groups in total. The highest BCUT2D eigenvalue weighted by Gasteiger charge is 2.11. The summed E-state index contributed by atoms with van der Waals surface area (Å²) in [6, 6.07) is 9.85.